The van der Waals surface area contributed by atoms with E-state index in [0.717, 1.165) is 39.5 Å². The molecule has 7 nitrogen and oxygen atoms in total. The van der Waals surface area contributed by atoms with Crippen molar-refractivity contribution in [2.45, 2.75) is 76.6 Å². The zero-order valence-electron chi connectivity index (χ0n) is 23.4. The molecule has 0 unspecified atom stereocenters. The van der Waals surface area contributed by atoms with Gasteiger partial charge in [-0.15, -0.1) is 11.3 Å². The summed E-state index contributed by atoms with van der Waals surface area (Å²) in [6.07, 6.45) is 12.8. The van der Waals surface area contributed by atoms with Gasteiger partial charge >= 0.3 is 0 Å². The molecule has 0 aliphatic heterocycles. The molecule has 5 atom stereocenters. The van der Waals surface area contributed by atoms with Crippen molar-refractivity contribution in [1.82, 2.24) is 10.3 Å². The van der Waals surface area contributed by atoms with Gasteiger partial charge in [0.15, 0.2) is 0 Å². The van der Waals surface area contributed by atoms with E-state index in [2.05, 4.69) is 39.2 Å². The Morgan fingerprint density at radius 2 is 2.05 bits per heavy atom. The van der Waals surface area contributed by atoms with E-state index < -0.39 is 18.3 Å². The maximum absolute atomic E-state index is 12.2. The normalized spacial score (nSPS) is 21.9. The van der Waals surface area contributed by atoms with Crippen molar-refractivity contribution in [1.29, 1.82) is 0 Å². The van der Waals surface area contributed by atoms with Crippen LogP contribution in [0.5, 0.6) is 5.75 Å². The zero-order chi connectivity index (χ0) is 29.4. The van der Waals surface area contributed by atoms with E-state index >= 15 is 0 Å². The predicted molar refractivity (Wildman–Crippen MR) is 168 cm³/mol. The number of thiophene rings is 1. The van der Waals surface area contributed by atoms with Crippen LogP contribution < -0.4 is 5.32 Å². The third kappa shape index (κ3) is 9.03. The monoisotopic (exact) mass is 644 g/mol. The number of benzene rings is 1. The number of aryl methyl sites for hydroxylation is 2. The number of aliphatic hydroxyl groups excluding tert-OH is 3. The number of amides is 1. The fourth-order valence-electron chi connectivity index (χ4n) is 5.55. The lowest BCUT2D eigenvalue weighted by molar-refractivity contribution is -0.121. The second-order valence-corrected chi connectivity index (χ2v) is 13.5. The zero-order valence-corrected chi connectivity index (χ0v) is 25.8. The number of unbranched alkanes of at least 4 members (excludes halogenated alkanes) is 1. The Balaban J connectivity index is 1.14. The Hall–Kier alpha value is -2.43. The average molecular weight is 646 g/mol. The lowest BCUT2D eigenvalue weighted by Gasteiger charge is -2.19. The van der Waals surface area contributed by atoms with Gasteiger partial charge in [0.05, 0.1) is 22.1 Å². The van der Waals surface area contributed by atoms with Crippen LogP contribution in [0.1, 0.15) is 54.5 Å². The predicted octanol–water partition coefficient (Wildman–Crippen LogP) is 5.69. The van der Waals surface area contributed by atoms with Gasteiger partial charge in [-0.1, -0.05) is 24.3 Å². The van der Waals surface area contributed by atoms with Crippen LogP contribution in [0.15, 0.2) is 58.6 Å². The van der Waals surface area contributed by atoms with E-state index in [4.69, 9.17) is 0 Å². The maximum Gasteiger partial charge on any atom is 0.220 e. The lowest BCUT2D eigenvalue weighted by Crippen LogP contribution is -2.25. The van der Waals surface area contributed by atoms with Gasteiger partial charge < -0.3 is 30.7 Å². The van der Waals surface area contributed by atoms with Crippen molar-refractivity contribution in [2.24, 2.45) is 11.8 Å². The number of aromatic amines is 1. The summed E-state index contributed by atoms with van der Waals surface area (Å²) in [6.45, 7) is 2.59. The molecule has 222 valence electrons. The third-order valence-electron chi connectivity index (χ3n) is 7.88. The standard InChI is InChI=1S/C32H41BrN2O5S/c1-20-16-24(41-32(20)33)11-8-22(36)9-12-26-25(29(38)18-30(26)39)6-4-2-3-5-7-31(40)34-15-14-21-19-35-28-13-10-23(37)17-27(21)28/h2,4,9-10,12-13,16-17,19,22,25-26,29-30,35-39H,3,5-8,11,14-15,18H2,1H3,(H,34,40)/t22-,25+,26+,29-,30+/m0/s1. The van der Waals surface area contributed by atoms with Crippen LogP contribution in [0.25, 0.3) is 10.9 Å². The van der Waals surface area contributed by atoms with Gasteiger partial charge in [0.2, 0.25) is 5.91 Å². The molecule has 1 aromatic carbocycles. The minimum absolute atomic E-state index is 0.0148. The molecule has 3 aromatic rings. The molecule has 2 heterocycles. The SMILES string of the molecule is Cc1cc(CC[C@H](O)C=C[C@@H]2[C@@H](CC=CCCCC(=O)NCCc3c[nH]c4ccc(O)cc34)[C@@H](O)C[C@H]2O)sc1Br. The highest BCUT2D eigenvalue weighted by atomic mass is 79.9. The number of allylic oxidation sites excluding steroid dienone is 2. The van der Waals surface area contributed by atoms with E-state index in [0.29, 0.717) is 38.6 Å². The number of nitrogens with one attached hydrogen (secondary N) is 2. The molecule has 1 saturated carbocycles. The molecular weight excluding hydrogens is 604 g/mol. The molecule has 1 aliphatic rings. The van der Waals surface area contributed by atoms with Gasteiger partial charge in [-0.05, 0) is 103 Å². The molecule has 0 radical (unpaired) electrons. The highest BCUT2D eigenvalue weighted by molar-refractivity contribution is 9.11. The number of fused-ring (bicyclic) bond motifs is 1. The van der Waals surface area contributed by atoms with Crippen LogP contribution in [0.3, 0.4) is 0 Å². The number of carbonyl (C=O) groups is 1. The Morgan fingerprint density at radius 3 is 2.83 bits per heavy atom. The van der Waals surface area contributed by atoms with E-state index in [1.807, 2.05) is 30.5 Å². The van der Waals surface area contributed by atoms with Crippen LogP contribution in [0.4, 0.5) is 0 Å². The Bertz CT molecular complexity index is 1330. The maximum atomic E-state index is 12.2. The first-order valence-electron chi connectivity index (χ1n) is 14.4. The minimum Gasteiger partial charge on any atom is -0.508 e. The summed E-state index contributed by atoms with van der Waals surface area (Å²) in [5, 5.41) is 45.1. The van der Waals surface area contributed by atoms with Crippen LogP contribution in [0.2, 0.25) is 0 Å². The van der Waals surface area contributed by atoms with Gasteiger partial charge in [-0.25, -0.2) is 0 Å². The third-order valence-corrected chi connectivity index (χ3v) is 10.1. The molecule has 9 heteroatoms. The largest absolute Gasteiger partial charge is 0.508 e. The van der Waals surface area contributed by atoms with E-state index in [9.17, 15) is 25.2 Å². The summed E-state index contributed by atoms with van der Waals surface area (Å²) in [7, 11) is 0. The number of H-pyrrole nitrogens is 1. The Labute approximate surface area is 254 Å². The topological polar surface area (TPSA) is 126 Å². The number of carbonyl (C=O) groups excluding carboxylic acids is 1. The molecule has 0 saturated heterocycles. The van der Waals surface area contributed by atoms with Crippen LogP contribution >= 0.6 is 27.3 Å². The highest BCUT2D eigenvalue weighted by Gasteiger charge is 2.39. The van der Waals surface area contributed by atoms with Crippen LogP contribution in [-0.4, -0.2) is 56.2 Å². The number of aromatic nitrogens is 1. The Morgan fingerprint density at radius 1 is 1.22 bits per heavy atom. The van der Waals surface area contributed by atoms with Crippen molar-refractivity contribution in [3.63, 3.8) is 0 Å². The summed E-state index contributed by atoms with van der Waals surface area (Å²) >= 11 is 5.23. The molecule has 41 heavy (non-hydrogen) atoms. The Kier molecular flexibility index (Phi) is 11.6. The average Bonchev–Trinajstić information content (AvgIpc) is 3.57. The van der Waals surface area contributed by atoms with E-state index in [-0.39, 0.29) is 23.5 Å². The van der Waals surface area contributed by atoms with Crippen molar-refractivity contribution >= 4 is 44.1 Å². The molecule has 6 N–H and O–H groups in total. The van der Waals surface area contributed by atoms with Crippen LogP contribution in [-0.2, 0) is 17.6 Å². The lowest BCUT2D eigenvalue weighted by atomic mass is 9.89. The second-order valence-electron chi connectivity index (χ2n) is 11.0. The second kappa shape index (κ2) is 15.2. The number of phenolic OH excluding ortho intramolecular Hbond substituents is 1. The minimum atomic E-state index is -0.624. The molecule has 1 amide bonds. The van der Waals surface area contributed by atoms with Crippen molar-refractivity contribution < 1.29 is 25.2 Å². The van der Waals surface area contributed by atoms with Gasteiger partial charge in [-0.3, -0.25) is 4.79 Å². The first kappa shape index (κ1) is 31.5. The number of hydrogen-bond donors (Lipinski definition) is 6. The molecule has 1 aliphatic carbocycles. The number of phenols is 1. The smallest absolute Gasteiger partial charge is 0.220 e. The van der Waals surface area contributed by atoms with E-state index in [1.54, 1.807) is 29.5 Å². The first-order valence-corrected chi connectivity index (χ1v) is 16.0. The van der Waals surface area contributed by atoms with Crippen LogP contribution in [0, 0.1) is 18.8 Å². The van der Waals surface area contributed by atoms with Crippen molar-refractivity contribution in [3.05, 3.63) is 74.6 Å². The highest BCUT2D eigenvalue weighted by Crippen LogP contribution is 2.36. The summed E-state index contributed by atoms with van der Waals surface area (Å²) in [5.41, 5.74) is 3.23. The van der Waals surface area contributed by atoms with Gasteiger partial charge in [0, 0.05) is 47.3 Å². The number of aromatic hydroxyl groups is 1. The van der Waals surface area contributed by atoms with Gasteiger partial charge in [0.25, 0.3) is 0 Å². The van der Waals surface area contributed by atoms with Crippen molar-refractivity contribution in [2.75, 3.05) is 6.54 Å². The number of rotatable bonds is 14. The van der Waals surface area contributed by atoms with Gasteiger partial charge in [0.1, 0.15) is 5.75 Å². The molecule has 4 rings (SSSR count). The number of halogens is 1. The van der Waals surface area contributed by atoms with Gasteiger partial charge in [-0.2, -0.15) is 0 Å². The molecule has 2 aromatic heterocycles. The summed E-state index contributed by atoms with van der Waals surface area (Å²) < 4.78 is 1.13. The first-order chi connectivity index (χ1) is 19.7. The fourth-order valence-corrected chi connectivity index (χ4v) is 7.19. The summed E-state index contributed by atoms with van der Waals surface area (Å²) in [6, 6.07) is 7.35. The fraction of sp³-hybridized carbons (Fsp3) is 0.469. The molecule has 1 fully saturated rings. The quantitative estimate of drug-likeness (QED) is 0.0993. The summed E-state index contributed by atoms with van der Waals surface area (Å²) in [4.78, 5) is 16.7. The molecule has 0 bridgehead atoms. The number of hydrogen-bond acceptors (Lipinski definition) is 6. The number of aliphatic hydroxyl groups is 3. The molecule has 0 spiro atoms. The molecular formula is C32H41BrN2O5S. The van der Waals surface area contributed by atoms with Crippen molar-refractivity contribution in [3.8, 4) is 5.75 Å². The van der Waals surface area contributed by atoms with E-state index in [1.165, 1.54) is 10.4 Å². The summed E-state index contributed by atoms with van der Waals surface area (Å²) in [5.74, 6) is -0.0604.